The maximum absolute atomic E-state index is 11.9. The molecule has 1 fully saturated rings. The predicted molar refractivity (Wildman–Crippen MR) is 66.5 cm³/mol. The molecule has 1 heterocycles. The Kier molecular flexibility index (Phi) is 4.34. The number of alkyl halides is 3. The number of urea groups is 1. The van der Waals surface area contributed by atoms with Gasteiger partial charge in [-0.25, -0.2) is 4.79 Å². The zero-order chi connectivity index (χ0) is 15.5. The summed E-state index contributed by atoms with van der Waals surface area (Å²) in [7, 11) is 0. The SMILES string of the molecule is O=C(Cn1cc(NC(=O)NCC(F)(F)F)cn1)NC1CC1. The molecule has 0 saturated heterocycles. The highest BCUT2D eigenvalue weighted by Gasteiger charge is 2.27. The lowest BCUT2D eigenvalue weighted by molar-refractivity contribution is -0.123. The molecule has 21 heavy (non-hydrogen) atoms. The summed E-state index contributed by atoms with van der Waals surface area (Å²) in [6.07, 6.45) is 0.0771. The van der Waals surface area contributed by atoms with E-state index in [9.17, 15) is 22.8 Å². The van der Waals surface area contributed by atoms with Crippen LogP contribution in [0.25, 0.3) is 0 Å². The van der Waals surface area contributed by atoms with E-state index < -0.39 is 18.8 Å². The fraction of sp³-hybridized carbons (Fsp3) is 0.545. The molecule has 2 rings (SSSR count). The van der Waals surface area contributed by atoms with E-state index in [0.717, 1.165) is 12.8 Å². The quantitative estimate of drug-likeness (QED) is 0.753. The van der Waals surface area contributed by atoms with Crippen LogP contribution in [0.1, 0.15) is 12.8 Å². The maximum atomic E-state index is 11.9. The summed E-state index contributed by atoms with van der Waals surface area (Å²) in [5.41, 5.74) is 0.203. The van der Waals surface area contributed by atoms with Crippen LogP contribution in [0, 0.1) is 0 Å². The van der Waals surface area contributed by atoms with Crippen LogP contribution in [0.2, 0.25) is 0 Å². The molecule has 0 spiro atoms. The van der Waals surface area contributed by atoms with Crippen LogP contribution in [0.5, 0.6) is 0 Å². The summed E-state index contributed by atoms with van der Waals surface area (Å²) in [5, 5.41) is 10.5. The Hall–Kier alpha value is -2.26. The second-order valence-electron chi connectivity index (χ2n) is 4.69. The monoisotopic (exact) mass is 305 g/mol. The van der Waals surface area contributed by atoms with Crippen LogP contribution in [-0.2, 0) is 11.3 Å². The minimum Gasteiger partial charge on any atom is -0.352 e. The van der Waals surface area contributed by atoms with Crippen molar-refractivity contribution >= 4 is 17.6 Å². The molecule has 1 saturated carbocycles. The number of hydrogen-bond donors (Lipinski definition) is 3. The van der Waals surface area contributed by atoms with Crippen LogP contribution < -0.4 is 16.0 Å². The average molecular weight is 305 g/mol. The molecule has 0 unspecified atom stereocenters. The van der Waals surface area contributed by atoms with Gasteiger partial charge in [-0.2, -0.15) is 18.3 Å². The largest absolute Gasteiger partial charge is 0.405 e. The van der Waals surface area contributed by atoms with Crippen molar-refractivity contribution in [2.75, 3.05) is 11.9 Å². The summed E-state index contributed by atoms with van der Waals surface area (Å²) in [6, 6.07) is -0.756. The fourth-order valence-corrected chi connectivity index (χ4v) is 1.52. The van der Waals surface area contributed by atoms with Gasteiger partial charge in [-0.15, -0.1) is 0 Å². The van der Waals surface area contributed by atoms with Gasteiger partial charge >= 0.3 is 12.2 Å². The second-order valence-corrected chi connectivity index (χ2v) is 4.69. The minimum atomic E-state index is -4.47. The molecule has 1 aromatic heterocycles. The molecule has 116 valence electrons. The standard InChI is InChI=1S/C11H14F3N5O2/c12-11(13,14)6-15-10(21)18-8-3-16-19(4-8)5-9(20)17-7-1-2-7/h3-4,7H,1-2,5-6H2,(H,17,20)(H2,15,18,21). The number of carbonyl (C=O) groups excluding carboxylic acids is 2. The van der Waals surface area contributed by atoms with Gasteiger partial charge in [0, 0.05) is 12.2 Å². The van der Waals surface area contributed by atoms with Gasteiger partial charge in [0.2, 0.25) is 5.91 Å². The van der Waals surface area contributed by atoms with Crippen molar-refractivity contribution in [2.45, 2.75) is 31.6 Å². The van der Waals surface area contributed by atoms with Crippen molar-refractivity contribution in [3.8, 4) is 0 Å². The first-order valence-corrected chi connectivity index (χ1v) is 6.25. The van der Waals surface area contributed by atoms with Crippen molar-refractivity contribution in [1.29, 1.82) is 0 Å². The van der Waals surface area contributed by atoms with E-state index >= 15 is 0 Å². The van der Waals surface area contributed by atoms with Gasteiger partial charge in [0.05, 0.1) is 11.9 Å². The Morgan fingerprint density at radius 3 is 2.71 bits per heavy atom. The third-order valence-electron chi connectivity index (χ3n) is 2.59. The molecular formula is C11H14F3N5O2. The molecule has 0 radical (unpaired) electrons. The molecule has 1 aliphatic rings. The van der Waals surface area contributed by atoms with Crippen molar-refractivity contribution in [2.24, 2.45) is 0 Å². The topological polar surface area (TPSA) is 88.1 Å². The van der Waals surface area contributed by atoms with Crippen molar-refractivity contribution in [1.82, 2.24) is 20.4 Å². The van der Waals surface area contributed by atoms with Gasteiger partial charge in [0.15, 0.2) is 0 Å². The van der Waals surface area contributed by atoms with E-state index in [0.29, 0.717) is 0 Å². The molecule has 0 aliphatic heterocycles. The van der Waals surface area contributed by atoms with Gasteiger partial charge in [0.25, 0.3) is 0 Å². The number of hydrogen-bond acceptors (Lipinski definition) is 3. The number of anilines is 1. The minimum absolute atomic E-state index is 0.0116. The van der Waals surface area contributed by atoms with Gasteiger partial charge < -0.3 is 16.0 Å². The number of carbonyl (C=O) groups is 2. The smallest absolute Gasteiger partial charge is 0.352 e. The lowest BCUT2D eigenvalue weighted by Crippen LogP contribution is -2.36. The van der Waals surface area contributed by atoms with Gasteiger partial charge in [-0.3, -0.25) is 9.48 Å². The Morgan fingerprint density at radius 2 is 2.10 bits per heavy atom. The van der Waals surface area contributed by atoms with Crippen molar-refractivity contribution < 1.29 is 22.8 Å². The van der Waals surface area contributed by atoms with Crippen molar-refractivity contribution in [3.05, 3.63) is 12.4 Å². The van der Waals surface area contributed by atoms with Crippen molar-refractivity contribution in [3.63, 3.8) is 0 Å². The van der Waals surface area contributed by atoms with Crippen LogP contribution in [0.15, 0.2) is 12.4 Å². The highest BCUT2D eigenvalue weighted by molar-refractivity contribution is 5.88. The Labute approximate surface area is 117 Å². The lowest BCUT2D eigenvalue weighted by atomic mass is 10.5. The number of aromatic nitrogens is 2. The first-order valence-electron chi connectivity index (χ1n) is 6.25. The third kappa shape index (κ3) is 5.71. The van der Waals surface area contributed by atoms with Crippen LogP contribution in [0.4, 0.5) is 23.7 Å². The van der Waals surface area contributed by atoms with Crippen LogP contribution in [-0.4, -0.2) is 40.5 Å². The Morgan fingerprint density at radius 1 is 1.38 bits per heavy atom. The number of amides is 3. The van der Waals surface area contributed by atoms with E-state index in [4.69, 9.17) is 0 Å². The molecule has 0 aromatic carbocycles. The molecular weight excluding hydrogens is 291 g/mol. The summed E-state index contributed by atoms with van der Waals surface area (Å²) in [6.45, 7) is -1.43. The number of halogens is 3. The van der Waals surface area contributed by atoms with Crippen LogP contribution >= 0.6 is 0 Å². The molecule has 0 atom stereocenters. The molecule has 10 heteroatoms. The molecule has 1 aromatic rings. The molecule has 1 aliphatic carbocycles. The second kappa shape index (κ2) is 6.02. The van der Waals surface area contributed by atoms with E-state index in [1.54, 1.807) is 5.32 Å². The van der Waals surface area contributed by atoms with Gasteiger partial charge in [-0.1, -0.05) is 0 Å². The first-order chi connectivity index (χ1) is 9.82. The lowest BCUT2D eigenvalue weighted by Gasteiger charge is -2.08. The average Bonchev–Trinajstić information content (AvgIpc) is 3.06. The summed E-state index contributed by atoms with van der Waals surface area (Å²) in [4.78, 5) is 22.7. The number of rotatable bonds is 5. The van der Waals surface area contributed by atoms with E-state index in [-0.39, 0.29) is 24.2 Å². The summed E-state index contributed by atoms with van der Waals surface area (Å²) >= 11 is 0. The third-order valence-corrected chi connectivity index (χ3v) is 2.59. The predicted octanol–water partition coefficient (Wildman–Crippen LogP) is 0.845. The highest BCUT2D eigenvalue weighted by atomic mass is 19.4. The maximum Gasteiger partial charge on any atom is 0.405 e. The van der Waals surface area contributed by atoms with E-state index in [2.05, 4.69) is 15.7 Å². The number of nitrogens with one attached hydrogen (secondary N) is 3. The zero-order valence-corrected chi connectivity index (χ0v) is 10.9. The highest BCUT2D eigenvalue weighted by Crippen LogP contribution is 2.18. The van der Waals surface area contributed by atoms with Gasteiger partial charge in [-0.05, 0) is 12.8 Å². The van der Waals surface area contributed by atoms with E-state index in [1.165, 1.54) is 17.1 Å². The fourth-order valence-electron chi connectivity index (χ4n) is 1.52. The Bertz CT molecular complexity index is 524. The molecule has 7 nitrogen and oxygen atoms in total. The molecule has 3 N–H and O–H groups in total. The molecule has 0 bridgehead atoms. The number of nitrogens with zero attached hydrogens (tertiary/aromatic N) is 2. The van der Waals surface area contributed by atoms with Crippen LogP contribution in [0.3, 0.4) is 0 Å². The zero-order valence-electron chi connectivity index (χ0n) is 10.9. The normalized spacial score (nSPS) is 14.6. The first kappa shape index (κ1) is 15.1. The summed E-state index contributed by atoms with van der Waals surface area (Å²) in [5.74, 6) is -0.200. The van der Waals surface area contributed by atoms with Gasteiger partial charge in [0.1, 0.15) is 13.1 Å². The summed E-state index contributed by atoms with van der Waals surface area (Å²) < 4.78 is 37.0. The molecule has 3 amide bonds. The Balaban J connectivity index is 1.76. The van der Waals surface area contributed by atoms with E-state index in [1.807, 2.05) is 0 Å².